The highest BCUT2D eigenvalue weighted by atomic mass is 16.6. The molecule has 3 fully saturated rings. The summed E-state index contributed by atoms with van der Waals surface area (Å²) in [5, 5.41) is 0. The van der Waals surface area contributed by atoms with Crippen LogP contribution in [0.4, 0.5) is 0 Å². The first kappa shape index (κ1) is 5.56. The smallest absolute Gasteiger partial charge is 0.101 e. The topological polar surface area (TPSA) is 15.8 Å². The summed E-state index contributed by atoms with van der Waals surface area (Å²) in [7, 11) is 2.25. The van der Waals surface area contributed by atoms with Crippen LogP contribution < -0.4 is 0 Å². The van der Waals surface area contributed by atoms with Crippen molar-refractivity contribution in [3.05, 3.63) is 0 Å². The van der Waals surface area contributed by atoms with Crippen molar-refractivity contribution in [3.63, 3.8) is 0 Å². The van der Waals surface area contributed by atoms with Crippen molar-refractivity contribution in [2.45, 2.75) is 43.6 Å². The summed E-state index contributed by atoms with van der Waals surface area (Å²) in [5.41, 5.74) is 0. The second-order valence-corrected chi connectivity index (χ2v) is 3.80. The molecule has 0 aromatic rings. The SMILES string of the molecule is CN1C2CCCC1C1OC12. The van der Waals surface area contributed by atoms with E-state index in [9.17, 15) is 0 Å². The van der Waals surface area contributed by atoms with E-state index < -0.39 is 0 Å². The summed E-state index contributed by atoms with van der Waals surface area (Å²) < 4.78 is 5.55. The first-order chi connectivity index (χ1) is 4.88. The molecule has 0 saturated carbocycles. The number of likely N-dealkylation sites (N-methyl/N-ethyl adjacent to an activating group) is 1. The van der Waals surface area contributed by atoms with E-state index in [0.29, 0.717) is 12.2 Å². The molecule has 0 radical (unpaired) electrons. The molecule has 0 aromatic heterocycles. The van der Waals surface area contributed by atoms with Crippen LogP contribution in [-0.2, 0) is 4.74 Å². The Balaban J connectivity index is 1.94. The van der Waals surface area contributed by atoms with Crippen molar-refractivity contribution in [1.29, 1.82) is 0 Å². The highest BCUT2D eigenvalue weighted by Gasteiger charge is 2.60. The molecule has 0 spiro atoms. The Morgan fingerprint density at radius 2 is 1.80 bits per heavy atom. The third kappa shape index (κ3) is 0.487. The van der Waals surface area contributed by atoms with Crippen LogP contribution in [0.3, 0.4) is 0 Å². The van der Waals surface area contributed by atoms with Gasteiger partial charge >= 0.3 is 0 Å². The lowest BCUT2D eigenvalue weighted by molar-refractivity contribution is 0.0755. The maximum Gasteiger partial charge on any atom is 0.101 e. The molecule has 2 nitrogen and oxygen atoms in total. The van der Waals surface area contributed by atoms with Gasteiger partial charge in [0, 0.05) is 12.1 Å². The number of hydrogen-bond acceptors (Lipinski definition) is 2. The van der Waals surface area contributed by atoms with E-state index in [1.54, 1.807) is 0 Å². The molecule has 3 aliphatic rings. The van der Waals surface area contributed by atoms with Crippen LogP contribution >= 0.6 is 0 Å². The van der Waals surface area contributed by atoms with E-state index in [1.807, 2.05) is 0 Å². The Morgan fingerprint density at radius 1 is 1.20 bits per heavy atom. The molecule has 3 heterocycles. The Morgan fingerprint density at radius 3 is 2.30 bits per heavy atom. The lowest BCUT2D eigenvalue weighted by Crippen LogP contribution is -2.41. The van der Waals surface area contributed by atoms with E-state index in [1.165, 1.54) is 19.3 Å². The summed E-state index contributed by atoms with van der Waals surface area (Å²) in [6, 6.07) is 1.56. The highest BCUT2D eigenvalue weighted by molar-refractivity contribution is 5.12. The summed E-state index contributed by atoms with van der Waals surface area (Å²) in [6.45, 7) is 0. The van der Waals surface area contributed by atoms with Crippen LogP contribution in [-0.4, -0.2) is 36.2 Å². The van der Waals surface area contributed by atoms with Gasteiger partial charge < -0.3 is 4.74 Å². The highest BCUT2D eigenvalue weighted by Crippen LogP contribution is 2.47. The molecule has 3 aliphatic heterocycles. The van der Waals surface area contributed by atoms with Gasteiger partial charge in [0.1, 0.15) is 12.2 Å². The molecule has 0 aliphatic carbocycles. The van der Waals surface area contributed by atoms with Gasteiger partial charge in [0.05, 0.1) is 0 Å². The summed E-state index contributed by atoms with van der Waals surface area (Å²) >= 11 is 0. The first-order valence-corrected chi connectivity index (χ1v) is 4.25. The fourth-order valence-electron chi connectivity index (χ4n) is 2.74. The third-order valence-corrected chi connectivity index (χ3v) is 3.37. The Kier molecular flexibility index (Phi) is 0.868. The average molecular weight is 139 g/mol. The minimum Gasteiger partial charge on any atom is -0.366 e. The maximum atomic E-state index is 5.55. The van der Waals surface area contributed by atoms with E-state index in [4.69, 9.17) is 4.74 Å². The number of morpholine rings is 1. The Labute approximate surface area is 61.1 Å². The van der Waals surface area contributed by atoms with Gasteiger partial charge in [-0.2, -0.15) is 0 Å². The number of ether oxygens (including phenoxy) is 1. The predicted molar refractivity (Wildman–Crippen MR) is 37.9 cm³/mol. The number of rotatable bonds is 0. The number of epoxide rings is 1. The zero-order valence-corrected chi connectivity index (χ0v) is 6.29. The van der Waals surface area contributed by atoms with Crippen molar-refractivity contribution in [1.82, 2.24) is 4.90 Å². The van der Waals surface area contributed by atoms with E-state index in [-0.39, 0.29) is 0 Å². The fourth-order valence-corrected chi connectivity index (χ4v) is 2.74. The van der Waals surface area contributed by atoms with Gasteiger partial charge in [-0.1, -0.05) is 6.42 Å². The van der Waals surface area contributed by atoms with E-state index >= 15 is 0 Å². The standard InChI is InChI=1S/C8H13NO/c1-9-5-3-2-4-6(9)8-7(5)10-8/h5-8H,2-4H2,1H3. The van der Waals surface area contributed by atoms with Gasteiger partial charge in [0.2, 0.25) is 0 Å². The normalized spacial score (nSPS) is 58.5. The summed E-state index contributed by atoms with van der Waals surface area (Å²) in [4.78, 5) is 2.53. The zero-order valence-electron chi connectivity index (χ0n) is 6.29. The molecule has 10 heavy (non-hydrogen) atoms. The largest absolute Gasteiger partial charge is 0.366 e. The average Bonchev–Trinajstić information content (AvgIpc) is 2.59. The lowest BCUT2D eigenvalue weighted by Gasteiger charge is -2.33. The van der Waals surface area contributed by atoms with Crippen LogP contribution in [0.5, 0.6) is 0 Å². The molecule has 2 bridgehead atoms. The van der Waals surface area contributed by atoms with Gasteiger partial charge in [-0.25, -0.2) is 0 Å². The molecular formula is C8H13NO. The maximum absolute atomic E-state index is 5.55. The lowest BCUT2D eigenvalue weighted by atomic mass is 10.0. The van der Waals surface area contributed by atoms with Crippen LogP contribution in [0.25, 0.3) is 0 Å². The van der Waals surface area contributed by atoms with E-state index in [0.717, 1.165) is 12.1 Å². The Hall–Kier alpha value is -0.0800. The zero-order chi connectivity index (χ0) is 6.72. The molecule has 0 aromatic carbocycles. The first-order valence-electron chi connectivity index (χ1n) is 4.25. The van der Waals surface area contributed by atoms with Gasteiger partial charge in [-0.05, 0) is 19.9 Å². The monoisotopic (exact) mass is 139 g/mol. The molecule has 0 N–H and O–H groups in total. The molecule has 0 amide bonds. The molecular weight excluding hydrogens is 126 g/mol. The molecule has 56 valence electrons. The number of hydrogen-bond donors (Lipinski definition) is 0. The number of nitrogens with zero attached hydrogens (tertiary/aromatic N) is 1. The molecule has 3 saturated heterocycles. The molecule has 2 heteroatoms. The van der Waals surface area contributed by atoms with Crippen molar-refractivity contribution in [2.24, 2.45) is 0 Å². The van der Waals surface area contributed by atoms with Gasteiger partial charge in [-0.3, -0.25) is 4.90 Å². The summed E-state index contributed by atoms with van der Waals surface area (Å²) in [6.07, 6.45) is 5.44. The predicted octanol–water partition coefficient (Wildman–Crippen LogP) is 0.620. The van der Waals surface area contributed by atoms with Gasteiger partial charge in [-0.15, -0.1) is 0 Å². The minimum atomic E-state index is 0.637. The second kappa shape index (κ2) is 1.56. The second-order valence-electron chi connectivity index (χ2n) is 3.80. The fraction of sp³-hybridized carbons (Fsp3) is 1.00. The van der Waals surface area contributed by atoms with Crippen LogP contribution in [0.2, 0.25) is 0 Å². The van der Waals surface area contributed by atoms with Gasteiger partial charge in [0.15, 0.2) is 0 Å². The Bertz CT molecular complexity index is 155. The van der Waals surface area contributed by atoms with Crippen molar-refractivity contribution >= 4 is 0 Å². The van der Waals surface area contributed by atoms with Crippen molar-refractivity contribution in [2.75, 3.05) is 7.05 Å². The van der Waals surface area contributed by atoms with Crippen molar-refractivity contribution in [3.8, 4) is 0 Å². The number of piperidine rings is 1. The van der Waals surface area contributed by atoms with Crippen molar-refractivity contribution < 1.29 is 4.74 Å². The van der Waals surface area contributed by atoms with E-state index in [2.05, 4.69) is 11.9 Å². The molecule has 4 unspecified atom stereocenters. The molecule has 4 atom stereocenters. The van der Waals surface area contributed by atoms with Crippen LogP contribution in [0.1, 0.15) is 19.3 Å². The summed E-state index contributed by atoms with van der Waals surface area (Å²) in [5.74, 6) is 0. The number of fused-ring (bicyclic) bond motifs is 5. The van der Waals surface area contributed by atoms with Crippen LogP contribution in [0, 0.1) is 0 Å². The minimum absolute atomic E-state index is 0.637. The third-order valence-electron chi connectivity index (χ3n) is 3.37. The van der Waals surface area contributed by atoms with Crippen LogP contribution in [0.15, 0.2) is 0 Å². The van der Waals surface area contributed by atoms with Gasteiger partial charge in [0.25, 0.3) is 0 Å². The molecule has 3 rings (SSSR count). The quantitative estimate of drug-likeness (QED) is 0.457.